The van der Waals surface area contributed by atoms with Crippen molar-refractivity contribution in [2.24, 2.45) is 11.8 Å². The molecule has 0 aliphatic heterocycles. The third-order valence-corrected chi connectivity index (χ3v) is 4.11. The van der Waals surface area contributed by atoms with Gasteiger partial charge in [-0.1, -0.05) is 13.8 Å². The van der Waals surface area contributed by atoms with Crippen LogP contribution in [0.4, 0.5) is 13.2 Å². The first-order valence-corrected chi connectivity index (χ1v) is 7.83. The van der Waals surface area contributed by atoms with Gasteiger partial charge in [-0.15, -0.1) is 0 Å². The van der Waals surface area contributed by atoms with Crippen LogP contribution in [-0.2, 0) is 23.8 Å². The zero-order valence-corrected chi connectivity index (χ0v) is 12.7. The minimum absolute atomic E-state index is 0.0357. The van der Waals surface area contributed by atoms with Crippen LogP contribution in [0.5, 0.6) is 0 Å². The zero-order chi connectivity index (χ0) is 16.4. The summed E-state index contributed by atoms with van der Waals surface area (Å²) in [5.41, 5.74) is -5.67. The number of ether oxygens (including phenoxy) is 1. The fourth-order valence-corrected chi connectivity index (χ4v) is 2.67. The van der Waals surface area contributed by atoms with Crippen LogP contribution in [0.2, 0.25) is 0 Å². The molecule has 122 valence electrons. The smallest absolute Gasteiger partial charge is 0.463 e. The maximum atomic E-state index is 12.4. The van der Waals surface area contributed by atoms with Crippen molar-refractivity contribution in [3.63, 3.8) is 0 Å². The van der Waals surface area contributed by atoms with E-state index in [1.807, 2.05) is 0 Å². The van der Waals surface area contributed by atoms with Gasteiger partial charge in [0.2, 0.25) is 0 Å². The maximum Gasteiger partial charge on any atom is 0.534 e. The van der Waals surface area contributed by atoms with Gasteiger partial charge in [-0.2, -0.15) is 21.6 Å². The lowest BCUT2D eigenvalue weighted by atomic mass is 9.94. The second-order valence-corrected chi connectivity index (χ2v) is 6.47. The molecule has 0 saturated carbocycles. The summed E-state index contributed by atoms with van der Waals surface area (Å²) in [5, 5.41) is 0. The maximum absolute atomic E-state index is 12.4. The lowest BCUT2D eigenvalue weighted by Gasteiger charge is -2.20. The number of carbonyl (C=O) groups is 1. The molecule has 1 atom stereocenters. The van der Waals surface area contributed by atoms with Crippen molar-refractivity contribution in [2.45, 2.75) is 39.1 Å². The van der Waals surface area contributed by atoms with Crippen LogP contribution in [0.15, 0.2) is 11.3 Å². The lowest BCUT2D eigenvalue weighted by molar-refractivity contribution is -0.138. The van der Waals surface area contributed by atoms with E-state index in [-0.39, 0.29) is 24.5 Å². The van der Waals surface area contributed by atoms with Crippen molar-refractivity contribution in [1.82, 2.24) is 0 Å². The third kappa shape index (κ3) is 3.90. The average Bonchev–Trinajstić information content (AvgIpc) is 2.70. The Balaban J connectivity index is 3.20. The molecule has 0 aromatic rings. The topological polar surface area (TPSA) is 69.7 Å². The molecule has 0 amide bonds. The van der Waals surface area contributed by atoms with Gasteiger partial charge in [0.25, 0.3) is 0 Å². The third-order valence-electron chi connectivity index (χ3n) is 3.15. The summed E-state index contributed by atoms with van der Waals surface area (Å²) in [6, 6.07) is 0. The van der Waals surface area contributed by atoms with Crippen molar-refractivity contribution >= 4 is 16.1 Å². The molecule has 0 radical (unpaired) electrons. The van der Waals surface area contributed by atoms with Crippen LogP contribution in [0.25, 0.3) is 0 Å². The Hall–Kier alpha value is -1.25. The molecule has 0 spiro atoms. The van der Waals surface area contributed by atoms with Crippen LogP contribution >= 0.6 is 0 Å². The normalized spacial score (nSPS) is 20.0. The van der Waals surface area contributed by atoms with Crippen molar-refractivity contribution in [2.75, 3.05) is 6.61 Å². The molecule has 0 fully saturated rings. The Morgan fingerprint density at radius 2 is 1.95 bits per heavy atom. The monoisotopic (exact) mass is 330 g/mol. The van der Waals surface area contributed by atoms with Gasteiger partial charge in [0.05, 0.1) is 12.2 Å². The predicted octanol–water partition coefficient (Wildman–Crippen LogP) is 2.74. The van der Waals surface area contributed by atoms with Crippen LogP contribution in [0.3, 0.4) is 0 Å². The second kappa shape index (κ2) is 6.25. The van der Waals surface area contributed by atoms with Crippen molar-refractivity contribution in [3.8, 4) is 0 Å². The van der Waals surface area contributed by atoms with Gasteiger partial charge in [0.15, 0.2) is 0 Å². The molecule has 0 heterocycles. The van der Waals surface area contributed by atoms with E-state index in [1.165, 1.54) is 0 Å². The van der Waals surface area contributed by atoms with Gasteiger partial charge in [-0.3, -0.25) is 0 Å². The minimum atomic E-state index is -5.79. The van der Waals surface area contributed by atoms with E-state index >= 15 is 0 Å². The summed E-state index contributed by atoms with van der Waals surface area (Å²) in [5.74, 6) is -2.02. The van der Waals surface area contributed by atoms with E-state index in [2.05, 4.69) is 4.18 Å². The lowest BCUT2D eigenvalue weighted by Crippen LogP contribution is -2.27. The predicted molar refractivity (Wildman–Crippen MR) is 67.3 cm³/mol. The van der Waals surface area contributed by atoms with Crippen molar-refractivity contribution < 1.29 is 35.3 Å². The molecular weight excluding hydrogens is 313 g/mol. The number of halogens is 3. The highest BCUT2D eigenvalue weighted by Crippen LogP contribution is 2.41. The molecule has 0 aromatic heterocycles. The first-order valence-electron chi connectivity index (χ1n) is 6.42. The Morgan fingerprint density at radius 3 is 2.38 bits per heavy atom. The molecule has 1 aliphatic carbocycles. The van der Waals surface area contributed by atoms with Crippen LogP contribution in [0, 0.1) is 11.8 Å². The van der Waals surface area contributed by atoms with Gasteiger partial charge in [0, 0.05) is 5.92 Å². The summed E-state index contributed by atoms with van der Waals surface area (Å²) in [6.45, 7) is 5.00. The minimum Gasteiger partial charge on any atom is -0.463 e. The van der Waals surface area contributed by atoms with Crippen molar-refractivity contribution in [1.29, 1.82) is 0 Å². The highest BCUT2D eigenvalue weighted by Gasteiger charge is 2.50. The highest BCUT2D eigenvalue weighted by molar-refractivity contribution is 7.87. The molecule has 1 rings (SSSR count). The summed E-state index contributed by atoms with van der Waals surface area (Å²) in [6.07, 6.45) is 0.471. The van der Waals surface area contributed by atoms with E-state index in [0.29, 0.717) is 6.42 Å². The summed E-state index contributed by atoms with van der Waals surface area (Å²) in [4.78, 5) is 11.7. The number of alkyl halides is 3. The number of carbonyl (C=O) groups excluding carboxylic acids is 1. The molecule has 1 aliphatic rings. The number of esters is 1. The van der Waals surface area contributed by atoms with Gasteiger partial charge in [0.1, 0.15) is 5.76 Å². The van der Waals surface area contributed by atoms with Crippen LogP contribution in [-0.4, -0.2) is 26.5 Å². The number of allylic oxidation sites excluding steroid dienone is 1. The van der Waals surface area contributed by atoms with Gasteiger partial charge in [-0.05, 0) is 25.7 Å². The zero-order valence-electron chi connectivity index (χ0n) is 11.9. The molecule has 0 bridgehead atoms. The van der Waals surface area contributed by atoms with E-state index in [4.69, 9.17) is 4.74 Å². The number of rotatable bonds is 5. The second-order valence-electron chi connectivity index (χ2n) is 4.94. The Morgan fingerprint density at radius 1 is 1.38 bits per heavy atom. The first kappa shape index (κ1) is 17.8. The van der Waals surface area contributed by atoms with Gasteiger partial charge >= 0.3 is 21.6 Å². The van der Waals surface area contributed by atoms with E-state index in [9.17, 15) is 26.4 Å². The summed E-state index contributed by atoms with van der Waals surface area (Å²) < 4.78 is 68.6. The largest absolute Gasteiger partial charge is 0.534 e. The summed E-state index contributed by atoms with van der Waals surface area (Å²) >= 11 is 0. The van der Waals surface area contributed by atoms with Crippen LogP contribution < -0.4 is 0 Å². The molecule has 0 N–H and O–H groups in total. The van der Waals surface area contributed by atoms with Crippen LogP contribution in [0.1, 0.15) is 33.6 Å². The van der Waals surface area contributed by atoms with Gasteiger partial charge < -0.3 is 8.92 Å². The number of hydrogen-bond donors (Lipinski definition) is 0. The first-order chi connectivity index (χ1) is 9.51. The van der Waals surface area contributed by atoms with Crippen molar-refractivity contribution in [3.05, 3.63) is 11.3 Å². The standard InChI is InChI=1S/C12H17F3O5S/c1-4-19-11(16)9-6-5-8(7(2)3)10(9)20-21(17,18)12(13,14)15/h7-8H,4-6H2,1-3H3. The molecule has 5 nitrogen and oxygen atoms in total. The average molecular weight is 330 g/mol. The number of hydrogen-bond acceptors (Lipinski definition) is 5. The fourth-order valence-electron chi connectivity index (χ4n) is 2.11. The Kier molecular flexibility index (Phi) is 5.30. The van der Waals surface area contributed by atoms with Gasteiger partial charge in [-0.25, -0.2) is 4.79 Å². The quantitative estimate of drug-likeness (QED) is 0.440. The Bertz CT molecular complexity index is 534. The van der Waals surface area contributed by atoms with E-state index in [0.717, 1.165) is 0 Å². The SMILES string of the molecule is CCOC(=O)C1=C(OS(=O)(=O)C(F)(F)F)C(C(C)C)CC1. The van der Waals surface area contributed by atoms with E-state index < -0.39 is 33.3 Å². The molecular formula is C12H17F3O5S. The molecule has 9 heteroatoms. The molecule has 0 aromatic carbocycles. The van der Waals surface area contributed by atoms with E-state index in [1.54, 1.807) is 20.8 Å². The molecule has 21 heavy (non-hydrogen) atoms. The highest BCUT2D eigenvalue weighted by atomic mass is 32.2. The Labute approximate surface area is 121 Å². The summed E-state index contributed by atoms with van der Waals surface area (Å²) in [7, 11) is -5.79. The molecule has 0 saturated heterocycles. The molecule has 1 unspecified atom stereocenters. The fraction of sp³-hybridized carbons (Fsp3) is 0.750.